The van der Waals surface area contributed by atoms with Crippen molar-refractivity contribution in [2.24, 2.45) is 0 Å². The summed E-state index contributed by atoms with van der Waals surface area (Å²) in [6, 6.07) is 13.3. The lowest BCUT2D eigenvalue weighted by Crippen LogP contribution is -2.26. The Labute approximate surface area is 124 Å². The van der Waals surface area contributed by atoms with Gasteiger partial charge in [-0.1, -0.05) is 30.3 Å². The first kappa shape index (κ1) is 15.6. The molecule has 21 heavy (non-hydrogen) atoms. The predicted octanol–water partition coefficient (Wildman–Crippen LogP) is 3.04. The van der Waals surface area contributed by atoms with Gasteiger partial charge >= 0.3 is 0 Å². The summed E-state index contributed by atoms with van der Waals surface area (Å²) >= 11 is 0. The number of hydrogen-bond acceptors (Lipinski definition) is 3. The van der Waals surface area contributed by atoms with Gasteiger partial charge in [-0.2, -0.15) is 0 Å². The number of hydrogen-bond donors (Lipinski definition) is 2. The molecule has 0 bridgehead atoms. The van der Waals surface area contributed by atoms with Crippen LogP contribution in [-0.2, 0) is 0 Å². The van der Waals surface area contributed by atoms with Crippen molar-refractivity contribution in [1.29, 1.82) is 0 Å². The second-order valence-corrected chi connectivity index (χ2v) is 5.15. The number of nitrogens with one attached hydrogen (secondary N) is 1. The van der Waals surface area contributed by atoms with Crippen LogP contribution in [0.2, 0.25) is 0 Å². The largest absolute Gasteiger partial charge is 0.396 e. The van der Waals surface area contributed by atoms with Crippen molar-refractivity contribution in [3.63, 3.8) is 0 Å². The minimum Gasteiger partial charge on any atom is -0.396 e. The quantitative estimate of drug-likeness (QED) is 0.823. The lowest BCUT2D eigenvalue weighted by molar-refractivity contribution is 0.272. The van der Waals surface area contributed by atoms with Crippen LogP contribution in [0.5, 0.6) is 0 Å². The molecule has 1 aromatic heterocycles. The molecule has 2 N–H and O–H groups in total. The zero-order valence-corrected chi connectivity index (χ0v) is 12.2. The summed E-state index contributed by atoms with van der Waals surface area (Å²) < 4.78 is 12.9. The van der Waals surface area contributed by atoms with E-state index in [2.05, 4.69) is 22.4 Å². The Balaban J connectivity index is 1.97. The Morgan fingerprint density at radius 1 is 1.19 bits per heavy atom. The van der Waals surface area contributed by atoms with Crippen molar-refractivity contribution < 1.29 is 9.50 Å². The topological polar surface area (TPSA) is 45.1 Å². The predicted molar refractivity (Wildman–Crippen MR) is 81.5 cm³/mol. The number of benzene rings is 1. The molecule has 0 aliphatic rings. The third-order valence-electron chi connectivity index (χ3n) is 3.61. The fourth-order valence-corrected chi connectivity index (χ4v) is 2.33. The summed E-state index contributed by atoms with van der Waals surface area (Å²) in [5.74, 6) is -0.0764. The molecule has 1 aromatic carbocycles. The fraction of sp³-hybridized carbons (Fsp3) is 0.353. The van der Waals surface area contributed by atoms with Gasteiger partial charge in [-0.25, -0.2) is 4.39 Å². The van der Waals surface area contributed by atoms with Gasteiger partial charge in [0.1, 0.15) is 5.82 Å². The van der Waals surface area contributed by atoms with E-state index in [4.69, 9.17) is 0 Å². The van der Waals surface area contributed by atoms with Crippen LogP contribution < -0.4 is 5.32 Å². The third-order valence-corrected chi connectivity index (χ3v) is 3.61. The first-order chi connectivity index (χ1) is 10.2. The summed E-state index contributed by atoms with van der Waals surface area (Å²) in [6.07, 6.45) is 1.94. The molecule has 0 spiro atoms. The normalized spacial score (nSPS) is 13.9. The van der Waals surface area contributed by atoms with Crippen LogP contribution in [-0.4, -0.2) is 23.2 Å². The van der Waals surface area contributed by atoms with Gasteiger partial charge in [0.25, 0.3) is 0 Å². The number of nitrogens with zero attached hydrogens (tertiary/aromatic N) is 1. The first-order valence-electron chi connectivity index (χ1n) is 7.21. The summed E-state index contributed by atoms with van der Waals surface area (Å²) in [5.41, 5.74) is 2.02. The SMILES string of the molecule is CC(NCC(CCO)c1ccccc1)c1ccc(F)cn1. The third kappa shape index (κ3) is 4.62. The monoisotopic (exact) mass is 288 g/mol. The molecule has 0 saturated carbocycles. The van der Waals surface area contributed by atoms with E-state index in [9.17, 15) is 9.50 Å². The lowest BCUT2D eigenvalue weighted by atomic mass is 9.95. The molecule has 0 radical (unpaired) electrons. The van der Waals surface area contributed by atoms with Gasteiger partial charge in [0, 0.05) is 19.2 Å². The van der Waals surface area contributed by atoms with Crippen molar-refractivity contribution in [3.8, 4) is 0 Å². The average molecular weight is 288 g/mol. The van der Waals surface area contributed by atoms with Crippen molar-refractivity contribution in [2.45, 2.75) is 25.3 Å². The molecular formula is C17H21FN2O. The van der Waals surface area contributed by atoms with Gasteiger partial charge in [0.05, 0.1) is 11.9 Å². The van der Waals surface area contributed by atoms with Gasteiger partial charge in [-0.15, -0.1) is 0 Å². The van der Waals surface area contributed by atoms with Gasteiger partial charge in [0.15, 0.2) is 0 Å². The summed E-state index contributed by atoms with van der Waals surface area (Å²) in [5, 5.41) is 12.6. The number of aliphatic hydroxyl groups is 1. The molecule has 112 valence electrons. The van der Waals surface area contributed by atoms with Crippen molar-refractivity contribution in [2.75, 3.05) is 13.2 Å². The van der Waals surface area contributed by atoms with Gasteiger partial charge < -0.3 is 10.4 Å². The van der Waals surface area contributed by atoms with Crippen LogP contribution in [0.25, 0.3) is 0 Å². The van der Waals surface area contributed by atoms with Crippen LogP contribution in [0, 0.1) is 5.82 Å². The van der Waals surface area contributed by atoms with E-state index in [0.29, 0.717) is 6.42 Å². The number of rotatable bonds is 7. The second kappa shape index (κ2) is 7.86. The maximum atomic E-state index is 12.9. The maximum Gasteiger partial charge on any atom is 0.141 e. The van der Waals surface area contributed by atoms with E-state index >= 15 is 0 Å². The molecule has 2 rings (SSSR count). The van der Waals surface area contributed by atoms with Gasteiger partial charge in [0.2, 0.25) is 0 Å². The molecule has 0 fully saturated rings. The Kier molecular flexibility index (Phi) is 5.84. The van der Waals surface area contributed by atoms with Crippen molar-refractivity contribution in [3.05, 3.63) is 65.7 Å². The van der Waals surface area contributed by atoms with E-state index in [1.807, 2.05) is 25.1 Å². The van der Waals surface area contributed by atoms with Crippen molar-refractivity contribution >= 4 is 0 Å². The van der Waals surface area contributed by atoms with E-state index in [0.717, 1.165) is 12.2 Å². The van der Waals surface area contributed by atoms with Crippen LogP contribution in [0.4, 0.5) is 4.39 Å². The zero-order valence-electron chi connectivity index (χ0n) is 12.2. The number of aliphatic hydroxyl groups excluding tert-OH is 1. The molecule has 0 amide bonds. The average Bonchev–Trinajstić information content (AvgIpc) is 2.52. The summed E-state index contributed by atoms with van der Waals surface area (Å²) in [4.78, 5) is 4.09. The Morgan fingerprint density at radius 2 is 1.95 bits per heavy atom. The van der Waals surface area contributed by atoms with Gasteiger partial charge in [-0.3, -0.25) is 4.98 Å². The molecule has 3 nitrogen and oxygen atoms in total. The van der Waals surface area contributed by atoms with E-state index in [1.54, 1.807) is 6.07 Å². The minimum absolute atomic E-state index is 0.0375. The molecular weight excluding hydrogens is 267 g/mol. The molecule has 1 heterocycles. The van der Waals surface area contributed by atoms with E-state index in [-0.39, 0.29) is 24.4 Å². The lowest BCUT2D eigenvalue weighted by Gasteiger charge is -2.20. The van der Waals surface area contributed by atoms with Crippen LogP contribution >= 0.6 is 0 Å². The highest BCUT2D eigenvalue weighted by molar-refractivity contribution is 5.20. The molecule has 0 saturated heterocycles. The Bertz CT molecular complexity index is 530. The number of aromatic nitrogens is 1. The summed E-state index contributed by atoms with van der Waals surface area (Å²) in [6.45, 7) is 2.90. The number of halogens is 1. The second-order valence-electron chi connectivity index (χ2n) is 5.15. The van der Waals surface area contributed by atoms with Gasteiger partial charge in [-0.05, 0) is 37.0 Å². The zero-order chi connectivity index (χ0) is 15.1. The highest BCUT2D eigenvalue weighted by atomic mass is 19.1. The summed E-state index contributed by atoms with van der Waals surface area (Å²) in [7, 11) is 0. The molecule has 2 unspecified atom stereocenters. The smallest absolute Gasteiger partial charge is 0.141 e. The highest BCUT2D eigenvalue weighted by Gasteiger charge is 2.13. The molecule has 0 aliphatic heterocycles. The molecule has 0 aliphatic carbocycles. The molecule has 4 heteroatoms. The first-order valence-corrected chi connectivity index (χ1v) is 7.21. The molecule has 2 aromatic rings. The Hall–Kier alpha value is -1.78. The van der Waals surface area contributed by atoms with E-state index < -0.39 is 0 Å². The van der Waals surface area contributed by atoms with Crippen LogP contribution in [0.15, 0.2) is 48.7 Å². The van der Waals surface area contributed by atoms with E-state index in [1.165, 1.54) is 17.8 Å². The maximum absolute atomic E-state index is 12.9. The van der Waals surface area contributed by atoms with Crippen LogP contribution in [0.1, 0.15) is 36.6 Å². The van der Waals surface area contributed by atoms with Crippen molar-refractivity contribution in [1.82, 2.24) is 10.3 Å². The fourth-order valence-electron chi connectivity index (χ4n) is 2.33. The van der Waals surface area contributed by atoms with Crippen LogP contribution in [0.3, 0.4) is 0 Å². The highest BCUT2D eigenvalue weighted by Crippen LogP contribution is 2.20. The minimum atomic E-state index is -0.326. The standard InChI is InChI=1S/C17H21FN2O/c1-13(17-8-7-16(18)12-20-17)19-11-15(9-10-21)14-5-3-2-4-6-14/h2-8,12-13,15,19,21H,9-11H2,1H3. The molecule has 2 atom stereocenters. The number of pyridine rings is 1. The Morgan fingerprint density at radius 3 is 2.57 bits per heavy atom.